The van der Waals surface area contributed by atoms with E-state index >= 15 is 0 Å². The smallest absolute Gasteiger partial charge is 0.136 e. The molecule has 1 aliphatic carbocycles. The van der Waals surface area contributed by atoms with Gasteiger partial charge in [-0.1, -0.05) is 153 Å². The van der Waals surface area contributed by atoms with Crippen LogP contribution in [-0.2, 0) is 5.41 Å². The number of furan rings is 2. The van der Waals surface area contributed by atoms with Crippen LogP contribution in [0.5, 0.6) is 0 Å². The molecule has 0 N–H and O–H groups in total. The predicted octanol–water partition coefficient (Wildman–Crippen LogP) is 16.3. The second kappa shape index (κ2) is 11.8. The van der Waals surface area contributed by atoms with Gasteiger partial charge in [0, 0.05) is 27.0 Å². The van der Waals surface area contributed by atoms with Crippen molar-refractivity contribution in [2.45, 2.75) is 19.3 Å². The Morgan fingerprint density at radius 1 is 0.305 bits per heavy atom. The zero-order chi connectivity index (χ0) is 39.0. The number of para-hydroxylation sites is 1. The molecule has 0 bridgehead atoms. The van der Waals surface area contributed by atoms with Crippen LogP contribution in [0.3, 0.4) is 0 Å². The van der Waals surface area contributed by atoms with Crippen LogP contribution in [0.15, 0.2) is 191 Å². The van der Waals surface area contributed by atoms with Crippen molar-refractivity contribution in [3.05, 3.63) is 193 Å². The van der Waals surface area contributed by atoms with Crippen LogP contribution in [-0.4, -0.2) is 0 Å². The van der Waals surface area contributed by atoms with E-state index in [0.717, 1.165) is 49.3 Å². The Morgan fingerprint density at radius 2 is 0.814 bits per heavy atom. The number of benzene rings is 10. The maximum Gasteiger partial charge on any atom is 0.136 e. The van der Waals surface area contributed by atoms with Gasteiger partial charge in [-0.2, -0.15) is 0 Å². The van der Waals surface area contributed by atoms with E-state index in [4.69, 9.17) is 8.83 Å². The minimum absolute atomic E-state index is 0.0250. The zero-order valence-corrected chi connectivity index (χ0v) is 32.6. The van der Waals surface area contributed by atoms with Gasteiger partial charge in [0.25, 0.3) is 0 Å². The third kappa shape index (κ3) is 4.63. The van der Waals surface area contributed by atoms with Gasteiger partial charge in [-0.25, -0.2) is 0 Å². The summed E-state index contributed by atoms with van der Waals surface area (Å²) in [6.07, 6.45) is 0. The predicted molar refractivity (Wildman–Crippen MR) is 247 cm³/mol. The molecule has 2 aromatic heterocycles. The van der Waals surface area contributed by atoms with Crippen molar-refractivity contribution in [2.75, 3.05) is 0 Å². The summed E-state index contributed by atoms with van der Waals surface area (Å²) in [6, 6.07) is 66.7. The Kier molecular flexibility index (Phi) is 6.54. The summed E-state index contributed by atoms with van der Waals surface area (Å²) in [6.45, 7) is 4.70. The minimum atomic E-state index is -0.0250. The Hall–Kier alpha value is -7.42. The molecule has 12 aromatic rings. The number of fused-ring (bicyclic) bond motifs is 12. The summed E-state index contributed by atoms with van der Waals surface area (Å²) >= 11 is 0. The SMILES string of the molecule is CC1(C)c2ccccc2-c2cc(-c3c4ccccc4c(-c4ccc(-c5ccc6cc7oc8cc9c(cc8c7cc6c5)oc5ccccc59)cc4)c4ccccc34)ccc21. The molecule has 59 heavy (non-hydrogen) atoms. The highest BCUT2D eigenvalue weighted by Crippen LogP contribution is 2.51. The molecular formula is C57H36O2. The van der Waals surface area contributed by atoms with Crippen LogP contribution in [0.2, 0.25) is 0 Å². The molecule has 13 rings (SSSR count). The molecular weight excluding hydrogens is 717 g/mol. The van der Waals surface area contributed by atoms with Gasteiger partial charge in [-0.05, 0) is 130 Å². The topological polar surface area (TPSA) is 26.3 Å². The Morgan fingerprint density at radius 3 is 1.54 bits per heavy atom. The normalized spacial score (nSPS) is 13.4. The van der Waals surface area contributed by atoms with Gasteiger partial charge >= 0.3 is 0 Å². The number of hydrogen-bond acceptors (Lipinski definition) is 2. The van der Waals surface area contributed by atoms with E-state index in [9.17, 15) is 0 Å². The molecule has 0 spiro atoms. The average Bonchev–Trinajstić information content (AvgIpc) is 3.89. The largest absolute Gasteiger partial charge is 0.456 e. The van der Waals surface area contributed by atoms with E-state index in [1.54, 1.807) is 0 Å². The number of hydrogen-bond donors (Lipinski definition) is 0. The van der Waals surface area contributed by atoms with Gasteiger partial charge in [-0.15, -0.1) is 0 Å². The molecule has 0 atom stereocenters. The summed E-state index contributed by atoms with van der Waals surface area (Å²) in [4.78, 5) is 0. The van der Waals surface area contributed by atoms with Gasteiger partial charge in [0.15, 0.2) is 0 Å². The maximum absolute atomic E-state index is 6.45. The molecule has 0 unspecified atom stereocenters. The lowest BCUT2D eigenvalue weighted by atomic mass is 9.81. The first-order valence-corrected chi connectivity index (χ1v) is 20.5. The summed E-state index contributed by atoms with van der Waals surface area (Å²) in [7, 11) is 0. The minimum Gasteiger partial charge on any atom is -0.456 e. The lowest BCUT2D eigenvalue weighted by molar-refractivity contribution is 0.660. The van der Waals surface area contributed by atoms with E-state index in [1.165, 1.54) is 82.6 Å². The fourth-order valence-corrected chi connectivity index (χ4v) is 10.4. The summed E-state index contributed by atoms with van der Waals surface area (Å²) in [5.74, 6) is 0. The molecule has 0 saturated heterocycles. The molecule has 1 aliphatic rings. The molecule has 0 radical (unpaired) electrons. The quantitative estimate of drug-likeness (QED) is 0.168. The highest BCUT2D eigenvalue weighted by atomic mass is 16.3. The maximum atomic E-state index is 6.45. The standard InChI is InChI=1S/C57H36O2/c1-57(2)49-17-9-7-11-39(49)45-28-37(25-26-50(45)57)56-43-15-5-3-13-41(43)55(42-14-4-6-16-44(42)56)34-21-19-33(20-22-34)35-23-24-36-30-52-46(29-38(36)27-35)48-32-53-47(31-54(48)59-52)40-12-8-10-18-51(40)58-53/h3-32H,1-2H3. The first-order chi connectivity index (χ1) is 29.0. The first-order valence-electron chi connectivity index (χ1n) is 20.5. The lowest BCUT2D eigenvalue weighted by Gasteiger charge is -2.22. The van der Waals surface area contributed by atoms with Crippen molar-refractivity contribution in [1.82, 2.24) is 0 Å². The van der Waals surface area contributed by atoms with Crippen molar-refractivity contribution in [1.29, 1.82) is 0 Å². The van der Waals surface area contributed by atoms with Crippen LogP contribution in [0.25, 0.3) is 121 Å². The third-order valence-electron chi connectivity index (χ3n) is 13.2. The third-order valence-corrected chi connectivity index (χ3v) is 13.2. The van der Waals surface area contributed by atoms with Crippen LogP contribution < -0.4 is 0 Å². The molecule has 2 heteroatoms. The molecule has 10 aromatic carbocycles. The molecule has 276 valence electrons. The van der Waals surface area contributed by atoms with E-state index in [0.29, 0.717) is 0 Å². The highest BCUT2D eigenvalue weighted by molar-refractivity contribution is 6.22. The van der Waals surface area contributed by atoms with Gasteiger partial charge < -0.3 is 8.83 Å². The monoisotopic (exact) mass is 752 g/mol. The van der Waals surface area contributed by atoms with E-state index < -0.39 is 0 Å². The summed E-state index contributed by atoms with van der Waals surface area (Å²) < 4.78 is 12.7. The number of rotatable bonds is 3. The lowest BCUT2D eigenvalue weighted by Crippen LogP contribution is -2.14. The fourth-order valence-electron chi connectivity index (χ4n) is 10.4. The molecule has 0 saturated carbocycles. The van der Waals surface area contributed by atoms with E-state index in [-0.39, 0.29) is 5.41 Å². The average molecular weight is 753 g/mol. The van der Waals surface area contributed by atoms with Crippen LogP contribution in [0, 0.1) is 0 Å². The molecule has 0 amide bonds. The van der Waals surface area contributed by atoms with Gasteiger partial charge in [0.05, 0.1) is 0 Å². The summed E-state index contributed by atoms with van der Waals surface area (Å²) in [5, 5.41) is 11.7. The molecule has 2 nitrogen and oxygen atoms in total. The van der Waals surface area contributed by atoms with Crippen molar-refractivity contribution in [3.63, 3.8) is 0 Å². The Labute approximate surface area is 340 Å². The first kappa shape index (κ1) is 32.6. The second-order valence-electron chi connectivity index (χ2n) is 16.8. The van der Waals surface area contributed by atoms with Crippen molar-refractivity contribution < 1.29 is 8.83 Å². The molecule has 0 aliphatic heterocycles. The summed E-state index contributed by atoms with van der Waals surface area (Å²) in [5.41, 5.74) is 16.4. The van der Waals surface area contributed by atoms with Gasteiger partial charge in [-0.3, -0.25) is 0 Å². The van der Waals surface area contributed by atoms with Crippen LogP contribution in [0.4, 0.5) is 0 Å². The Balaban J connectivity index is 0.920. The molecule has 2 heterocycles. The second-order valence-corrected chi connectivity index (χ2v) is 16.8. The van der Waals surface area contributed by atoms with E-state index in [1.807, 2.05) is 12.1 Å². The van der Waals surface area contributed by atoms with Crippen LogP contribution in [0.1, 0.15) is 25.0 Å². The zero-order valence-electron chi connectivity index (χ0n) is 32.6. The fraction of sp³-hybridized carbons (Fsp3) is 0.0526. The Bertz CT molecular complexity index is 3690. The van der Waals surface area contributed by atoms with Gasteiger partial charge in [0.1, 0.15) is 22.3 Å². The highest BCUT2D eigenvalue weighted by Gasteiger charge is 2.35. The van der Waals surface area contributed by atoms with Crippen molar-refractivity contribution >= 4 is 76.2 Å². The van der Waals surface area contributed by atoms with Crippen molar-refractivity contribution in [2.24, 2.45) is 0 Å². The molecule has 0 fully saturated rings. The van der Waals surface area contributed by atoms with Crippen LogP contribution >= 0.6 is 0 Å². The van der Waals surface area contributed by atoms with Gasteiger partial charge in [0.2, 0.25) is 0 Å². The van der Waals surface area contributed by atoms with E-state index in [2.05, 4.69) is 184 Å². The van der Waals surface area contributed by atoms with Crippen molar-refractivity contribution in [3.8, 4) is 44.5 Å².